The van der Waals surface area contributed by atoms with Crippen LogP contribution >= 0.6 is 0 Å². The van der Waals surface area contributed by atoms with Gasteiger partial charge in [0.15, 0.2) is 0 Å². The maximum absolute atomic E-state index is 6.24. The zero-order valence-electron chi connectivity index (χ0n) is 13.5. The van der Waals surface area contributed by atoms with E-state index in [2.05, 4.69) is 31.2 Å². The number of unbranched alkanes of at least 4 members (excludes halogenated alkanes) is 3. The Kier molecular flexibility index (Phi) is 7.08. The first-order valence-electron chi connectivity index (χ1n) is 8.77. The minimum Gasteiger partial charge on any atom is -0.494 e. The molecule has 1 saturated carbocycles. The summed E-state index contributed by atoms with van der Waals surface area (Å²) >= 11 is 0. The third kappa shape index (κ3) is 5.70. The predicted octanol–water partition coefficient (Wildman–Crippen LogP) is 4.71. The van der Waals surface area contributed by atoms with E-state index in [9.17, 15) is 0 Å². The van der Waals surface area contributed by atoms with Crippen LogP contribution in [0.15, 0.2) is 24.3 Å². The molecule has 0 heterocycles. The highest BCUT2D eigenvalue weighted by Gasteiger charge is 2.21. The maximum atomic E-state index is 6.24. The first-order valence-corrected chi connectivity index (χ1v) is 8.77. The molecule has 1 aliphatic rings. The molecular weight excluding hydrogens is 258 g/mol. The van der Waals surface area contributed by atoms with E-state index < -0.39 is 0 Å². The van der Waals surface area contributed by atoms with Gasteiger partial charge in [-0.15, -0.1) is 0 Å². The zero-order valence-corrected chi connectivity index (χ0v) is 13.5. The second kappa shape index (κ2) is 9.09. The molecule has 1 aliphatic carbocycles. The largest absolute Gasteiger partial charge is 0.494 e. The molecule has 21 heavy (non-hydrogen) atoms. The Balaban J connectivity index is 1.73. The normalized spacial score (nSPS) is 22.2. The van der Waals surface area contributed by atoms with Crippen molar-refractivity contribution in [1.82, 2.24) is 0 Å². The number of hydrogen-bond acceptors (Lipinski definition) is 2. The summed E-state index contributed by atoms with van der Waals surface area (Å²) in [5, 5.41) is 0. The molecule has 0 saturated heterocycles. The molecule has 0 radical (unpaired) electrons. The van der Waals surface area contributed by atoms with Gasteiger partial charge in [-0.05, 0) is 49.3 Å². The van der Waals surface area contributed by atoms with Crippen LogP contribution in [0.25, 0.3) is 0 Å². The van der Waals surface area contributed by atoms with Crippen molar-refractivity contribution in [3.63, 3.8) is 0 Å². The monoisotopic (exact) mass is 289 g/mol. The lowest BCUT2D eigenvalue weighted by Crippen LogP contribution is -2.34. The fraction of sp³-hybridized carbons (Fsp3) is 0.684. The SMILES string of the molecule is CCCCCCOc1ccc(CC2CCCCC2N)cc1. The fourth-order valence-electron chi connectivity index (χ4n) is 3.23. The third-order valence-corrected chi connectivity index (χ3v) is 4.66. The molecule has 2 N–H and O–H groups in total. The van der Waals surface area contributed by atoms with Gasteiger partial charge in [-0.25, -0.2) is 0 Å². The lowest BCUT2D eigenvalue weighted by molar-refractivity contribution is 0.302. The van der Waals surface area contributed by atoms with E-state index in [4.69, 9.17) is 10.5 Å². The molecule has 118 valence electrons. The van der Waals surface area contributed by atoms with Crippen molar-refractivity contribution in [2.75, 3.05) is 6.61 Å². The lowest BCUT2D eigenvalue weighted by Gasteiger charge is -2.28. The van der Waals surface area contributed by atoms with Gasteiger partial charge < -0.3 is 10.5 Å². The first-order chi connectivity index (χ1) is 10.3. The van der Waals surface area contributed by atoms with Gasteiger partial charge in [0.2, 0.25) is 0 Å². The van der Waals surface area contributed by atoms with Crippen LogP contribution in [-0.2, 0) is 6.42 Å². The quantitative estimate of drug-likeness (QED) is 0.704. The molecule has 2 unspecified atom stereocenters. The highest BCUT2D eigenvalue weighted by Crippen LogP contribution is 2.26. The van der Waals surface area contributed by atoms with Gasteiger partial charge >= 0.3 is 0 Å². The van der Waals surface area contributed by atoms with Crippen LogP contribution in [0.3, 0.4) is 0 Å². The molecule has 2 heteroatoms. The summed E-state index contributed by atoms with van der Waals surface area (Å²) in [7, 11) is 0. The van der Waals surface area contributed by atoms with Gasteiger partial charge in [0.05, 0.1) is 6.61 Å². The lowest BCUT2D eigenvalue weighted by atomic mass is 9.81. The molecule has 1 aromatic carbocycles. The van der Waals surface area contributed by atoms with Gasteiger partial charge in [-0.3, -0.25) is 0 Å². The number of rotatable bonds is 8. The topological polar surface area (TPSA) is 35.2 Å². The molecule has 1 fully saturated rings. The minimum atomic E-state index is 0.397. The van der Waals surface area contributed by atoms with Crippen molar-refractivity contribution in [2.24, 2.45) is 11.7 Å². The Labute approximate surface area is 130 Å². The summed E-state index contributed by atoms with van der Waals surface area (Å²) in [6.07, 6.45) is 11.3. The van der Waals surface area contributed by atoms with E-state index in [1.807, 2.05) is 0 Å². The molecule has 0 aromatic heterocycles. The Morgan fingerprint density at radius 3 is 2.52 bits per heavy atom. The summed E-state index contributed by atoms with van der Waals surface area (Å²) in [6, 6.07) is 9.05. The van der Waals surface area contributed by atoms with Crippen molar-refractivity contribution in [3.05, 3.63) is 29.8 Å². The van der Waals surface area contributed by atoms with E-state index in [0.717, 1.165) is 25.2 Å². The van der Waals surface area contributed by atoms with Crippen LogP contribution in [0.4, 0.5) is 0 Å². The fourth-order valence-corrected chi connectivity index (χ4v) is 3.23. The average molecular weight is 289 g/mol. The molecule has 1 aromatic rings. The number of nitrogens with two attached hydrogens (primary N) is 1. The zero-order chi connectivity index (χ0) is 14.9. The van der Waals surface area contributed by atoms with Crippen LogP contribution < -0.4 is 10.5 Å². The van der Waals surface area contributed by atoms with Gasteiger partial charge in [0.1, 0.15) is 5.75 Å². The summed E-state index contributed by atoms with van der Waals surface area (Å²) in [5.74, 6) is 1.67. The van der Waals surface area contributed by atoms with Crippen LogP contribution in [-0.4, -0.2) is 12.6 Å². The van der Waals surface area contributed by atoms with Gasteiger partial charge in [0.25, 0.3) is 0 Å². The molecule has 2 nitrogen and oxygen atoms in total. The maximum Gasteiger partial charge on any atom is 0.119 e. The van der Waals surface area contributed by atoms with Crippen LogP contribution in [0.1, 0.15) is 63.9 Å². The van der Waals surface area contributed by atoms with Crippen molar-refractivity contribution >= 4 is 0 Å². The van der Waals surface area contributed by atoms with E-state index in [0.29, 0.717) is 12.0 Å². The second-order valence-corrected chi connectivity index (χ2v) is 6.47. The van der Waals surface area contributed by atoms with Gasteiger partial charge in [-0.1, -0.05) is 51.2 Å². The molecular formula is C19H31NO. The van der Waals surface area contributed by atoms with Gasteiger partial charge in [-0.2, -0.15) is 0 Å². The van der Waals surface area contributed by atoms with Crippen molar-refractivity contribution in [3.8, 4) is 5.75 Å². The van der Waals surface area contributed by atoms with Crippen molar-refractivity contribution < 1.29 is 4.74 Å². The van der Waals surface area contributed by atoms with Crippen LogP contribution in [0.2, 0.25) is 0 Å². The van der Waals surface area contributed by atoms with Crippen LogP contribution in [0, 0.1) is 5.92 Å². The van der Waals surface area contributed by atoms with Crippen LogP contribution in [0.5, 0.6) is 5.75 Å². The van der Waals surface area contributed by atoms with E-state index in [1.54, 1.807) is 0 Å². The molecule has 0 aliphatic heterocycles. The Bertz CT molecular complexity index is 387. The third-order valence-electron chi connectivity index (χ3n) is 4.66. The summed E-state index contributed by atoms with van der Waals surface area (Å²) in [4.78, 5) is 0. The van der Waals surface area contributed by atoms with Gasteiger partial charge in [0, 0.05) is 6.04 Å². The highest BCUT2D eigenvalue weighted by atomic mass is 16.5. The first kappa shape index (κ1) is 16.4. The second-order valence-electron chi connectivity index (χ2n) is 6.47. The summed E-state index contributed by atoms with van der Waals surface area (Å²) in [6.45, 7) is 3.07. The molecule has 0 spiro atoms. The predicted molar refractivity (Wildman–Crippen MR) is 89.7 cm³/mol. The Morgan fingerprint density at radius 2 is 1.81 bits per heavy atom. The smallest absolute Gasteiger partial charge is 0.119 e. The Hall–Kier alpha value is -1.02. The molecule has 0 amide bonds. The standard InChI is InChI=1S/C19H31NO/c1-2-3-4-7-14-21-18-12-10-16(11-13-18)15-17-8-5-6-9-19(17)20/h10-13,17,19H,2-9,14-15,20H2,1H3. The number of benzene rings is 1. The number of hydrogen-bond donors (Lipinski definition) is 1. The van der Waals surface area contributed by atoms with Crippen molar-refractivity contribution in [1.29, 1.82) is 0 Å². The minimum absolute atomic E-state index is 0.397. The van der Waals surface area contributed by atoms with Crippen molar-refractivity contribution in [2.45, 2.75) is 70.8 Å². The van der Waals surface area contributed by atoms with E-state index in [1.165, 1.54) is 50.5 Å². The highest BCUT2D eigenvalue weighted by molar-refractivity contribution is 5.27. The molecule has 2 rings (SSSR count). The number of ether oxygens (including phenoxy) is 1. The molecule has 0 bridgehead atoms. The summed E-state index contributed by atoms with van der Waals surface area (Å²) < 4.78 is 5.79. The van der Waals surface area contributed by atoms with E-state index in [-0.39, 0.29) is 0 Å². The Morgan fingerprint density at radius 1 is 1.05 bits per heavy atom. The molecule has 2 atom stereocenters. The van der Waals surface area contributed by atoms with E-state index >= 15 is 0 Å². The average Bonchev–Trinajstić information content (AvgIpc) is 2.51. The summed E-state index contributed by atoms with van der Waals surface area (Å²) in [5.41, 5.74) is 7.64.